The Bertz CT molecular complexity index is 1430. The molecule has 152 valence electrons. The Morgan fingerprint density at radius 1 is 0.867 bits per heavy atom. The highest BCUT2D eigenvalue weighted by Crippen LogP contribution is 2.35. The van der Waals surface area contributed by atoms with E-state index in [4.69, 9.17) is 13.9 Å². The molecule has 4 aromatic rings. The van der Waals surface area contributed by atoms with E-state index < -0.39 is 14.9 Å². The van der Waals surface area contributed by atoms with E-state index in [2.05, 4.69) is 4.72 Å². The minimum Gasteiger partial charge on any atom is -0.486 e. The number of anilines is 1. The van der Waals surface area contributed by atoms with Gasteiger partial charge in [0, 0.05) is 22.9 Å². The molecule has 0 saturated heterocycles. The number of furan rings is 1. The molecule has 30 heavy (non-hydrogen) atoms. The maximum absolute atomic E-state index is 12.9. The van der Waals surface area contributed by atoms with Crippen LogP contribution in [0.5, 0.6) is 11.5 Å². The van der Waals surface area contributed by atoms with Crippen molar-refractivity contribution in [2.45, 2.75) is 4.90 Å². The van der Waals surface area contributed by atoms with E-state index >= 15 is 0 Å². The summed E-state index contributed by atoms with van der Waals surface area (Å²) in [4.78, 5) is 10.5. The van der Waals surface area contributed by atoms with Crippen LogP contribution in [-0.4, -0.2) is 26.6 Å². The molecular formula is C20H14N2O7S. The molecule has 1 aliphatic heterocycles. The number of nitro benzene ring substituents is 1. The molecule has 2 heterocycles. The largest absolute Gasteiger partial charge is 0.486 e. The van der Waals surface area contributed by atoms with E-state index in [1.807, 2.05) is 0 Å². The standard InChI is InChI=1S/C20H14N2O7S/c23-22(24)13-2-4-15-16-11-14(3-6-17(16)29-19(15)10-13)30(25,26)21-12-1-5-18-20(9-12)28-8-7-27-18/h1-6,9-11,21H,7-8H2. The zero-order valence-electron chi connectivity index (χ0n) is 15.3. The molecule has 0 aliphatic carbocycles. The van der Waals surface area contributed by atoms with E-state index in [0.717, 1.165) is 0 Å². The summed E-state index contributed by atoms with van der Waals surface area (Å²) in [5.41, 5.74) is 0.985. The Hall–Kier alpha value is -3.79. The molecule has 0 bridgehead atoms. The lowest BCUT2D eigenvalue weighted by atomic mass is 10.1. The number of fused-ring (bicyclic) bond motifs is 4. The van der Waals surface area contributed by atoms with E-state index in [0.29, 0.717) is 52.3 Å². The SMILES string of the molecule is O=[N+]([O-])c1ccc2c(c1)oc1ccc(S(=O)(=O)Nc3ccc4c(c3)OCCO4)cc12. The predicted octanol–water partition coefficient (Wildman–Crippen LogP) is 4.07. The van der Waals surface area contributed by atoms with Crippen molar-refractivity contribution in [2.24, 2.45) is 0 Å². The van der Waals surface area contributed by atoms with Crippen molar-refractivity contribution >= 4 is 43.3 Å². The zero-order chi connectivity index (χ0) is 20.9. The summed E-state index contributed by atoms with van der Waals surface area (Å²) < 4.78 is 44.9. The summed E-state index contributed by atoms with van der Waals surface area (Å²) in [5.74, 6) is 1.03. The molecule has 5 rings (SSSR count). The third-order valence-corrected chi connectivity index (χ3v) is 6.12. The molecular weight excluding hydrogens is 412 g/mol. The summed E-state index contributed by atoms with van der Waals surface area (Å²) in [6.07, 6.45) is 0. The summed E-state index contributed by atoms with van der Waals surface area (Å²) in [6.45, 7) is 0.839. The van der Waals surface area contributed by atoms with Gasteiger partial charge in [0.05, 0.1) is 21.6 Å². The van der Waals surface area contributed by atoms with Gasteiger partial charge in [-0.05, 0) is 36.4 Å². The minimum atomic E-state index is -3.90. The van der Waals surface area contributed by atoms with E-state index in [-0.39, 0.29) is 10.6 Å². The molecule has 0 amide bonds. The smallest absolute Gasteiger partial charge is 0.273 e. The van der Waals surface area contributed by atoms with Gasteiger partial charge in [-0.15, -0.1) is 0 Å². The highest BCUT2D eigenvalue weighted by molar-refractivity contribution is 7.92. The van der Waals surface area contributed by atoms with Gasteiger partial charge in [0.25, 0.3) is 15.7 Å². The van der Waals surface area contributed by atoms with Crippen molar-refractivity contribution < 1.29 is 27.2 Å². The van der Waals surface area contributed by atoms with Crippen LogP contribution in [0.15, 0.2) is 63.9 Å². The van der Waals surface area contributed by atoms with Crippen molar-refractivity contribution in [2.75, 3.05) is 17.9 Å². The first-order valence-corrected chi connectivity index (χ1v) is 10.4. The molecule has 0 atom stereocenters. The van der Waals surface area contributed by atoms with Crippen LogP contribution in [-0.2, 0) is 10.0 Å². The molecule has 1 aromatic heterocycles. The van der Waals surface area contributed by atoms with Crippen LogP contribution in [0, 0.1) is 10.1 Å². The highest BCUT2D eigenvalue weighted by atomic mass is 32.2. The van der Waals surface area contributed by atoms with Gasteiger partial charge in [0.2, 0.25) is 0 Å². The fourth-order valence-corrected chi connectivity index (χ4v) is 4.42. The van der Waals surface area contributed by atoms with Crippen molar-refractivity contribution in [1.82, 2.24) is 0 Å². The third kappa shape index (κ3) is 3.07. The number of nitrogens with zero attached hydrogens (tertiary/aromatic N) is 1. The van der Waals surface area contributed by atoms with Crippen molar-refractivity contribution in [3.63, 3.8) is 0 Å². The fourth-order valence-electron chi connectivity index (χ4n) is 3.35. The van der Waals surface area contributed by atoms with Crippen LogP contribution in [0.3, 0.4) is 0 Å². The maximum atomic E-state index is 12.9. The molecule has 0 unspecified atom stereocenters. The first-order chi connectivity index (χ1) is 14.4. The monoisotopic (exact) mass is 426 g/mol. The number of nitrogens with one attached hydrogen (secondary N) is 1. The van der Waals surface area contributed by atoms with Crippen LogP contribution >= 0.6 is 0 Å². The number of sulfonamides is 1. The number of rotatable bonds is 4. The lowest BCUT2D eigenvalue weighted by Gasteiger charge is -2.19. The average molecular weight is 426 g/mol. The van der Waals surface area contributed by atoms with Gasteiger partial charge in [-0.2, -0.15) is 0 Å². The summed E-state index contributed by atoms with van der Waals surface area (Å²) in [6, 6.07) is 13.4. The molecule has 0 saturated carbocycles. The molecule has 0 spiro atoms. The quantitative estimate of drug-likeness (QED) is 0.386. The van der Waals surface area contributed by atoms with Crippen molar-refractivity contribution in [1.29, 1.82) is 0 Å². The number of non-ortho nitro benzene ring substituents is 1. The molecule has 9 nitrogen and oxygen atoms in total. The van der Waals surface area contributed by atoms with Crippen LogP contribution in [0.25, 0.3) is 21.9 Å². The number of ether oxygens (including phenoxy) is 2. The summed E-state index contributed by atoms with van der Waals surface area (Å²) in [7, 11) is -3.90. The number of nitro groups is 1. The van der Waals surface area contributed by atoms with Crippen LogP contribution in [0.4, 0.5) is 11.4 Å². The van der Waals surface area contributed by atoms with Crippen LogP contribution < -0.4 is 14.2 Å². The summed E-state index contributed by atoms with van der Waals surface area (Å²) >= 11 is 0. The Kier molecular flexibility index (Phi) is 4.03. The van der Waals surface area contributed by atoms with Crippen LogP contribution in [0.1, 0.15) is 0 Å². The third-order valence-electron chi connectivity index (χ3n) is 4.74. The molecule has 10 heteroatoms. The lowest BCUT2D eigenvalue weighted by Crippen LogP contribution is -2.16. The number of hydrogen-bond acceptors (Lipinski definition) is 7. The molecule has 0 fully saturated rings. The van der Waals surface area contributed by atoms with Crippen LogP contribution in [0.2, 0.25) is 0 Å². The second kappa shape index (κ2) is 6.63. The summed E-state index contributed by atoms with van der Waals surface area (Å²) in [5, 5.41) is 12.1. The average Bonchev–Trinajstić information content (AvgIpc) is 3.10. The molecule has 1 aliphatic rings. The van der Waals surface area contributed by atoms with Gasteiger partial charge in [-0.25, -0.2) is 8.42 Å². The highest BCUT2D eigenvalue weighted by Gasteiger charge is 2.20. The van der Waals surface area contributed by atoms with Gasteiger partial charge in [-0.1, -0.05) is 0 Å². The zero-order valence-corrected chi connectivity index (χ0v) is 16.1. The second-order valence-corrected chi connectivity index (χ2v) is 8.34. The Balaban J connectivity index is 1.53. The van der Waals surface area contributed by atoms with E-state index in [9.17, 15) is 18.5 Å². The second-order valence-electron chi connectivity index (χ2n) is 6.66. The first kappa shape index (κ1) is 18.3. The predicted molar refractivity (Wildman–Crippen MR) is 109 cm³/mol. The minimum absolute atomic E-state index is 0.0333. The van der Waals surface area contributed by atoms with Crippen molar-refractivity contribution in [3.8, 4) is 11.5 Å². The van der Waals surface area contributed by atoms with Gasteiger partial charge in [-0.3, -0.25) is 14.8 Å². The Morgan fingerprint density at radius 2 is 1.67 bits per heavy atom. The topological polar surface area (TPSA) is 121 Å². The molecule has 3 aromatic carbocycles. The first-order valence-electron chi connectivity index (χ1n) is 8.94. The lowest BCUT2D eigenvalue weighted by molar-refractivity contribution is -0.384. The maximum Gasteiger partial charge on any atom is 0.273 e. The fraction of sp³-hybridized carbons (Fsp3) is 0.100. The Labute approximate surface area is 170 Å². The van der Waals surface area contributed by atoms with E-state index in [1.54, 1.807) is 24.3 Å². The number of hydrogen-bond donors (Lipinski definition) is 1. The molecule has 1 N–H and O–H groups in total. The Morgan fingerprint density at radius 3 is 2.47 bits per heavy atom. The van der Waals surface area contributed by atoms with Crippen molar-refractivity contribution in [3.05, 3.63) is 64.7 Å². The molecule has 0 radical (unpaired) electrons. The number of benzene rings is 3. The van der Waals surface area contributed by atoms with Gasteiger partial charge >= 0.3 is 0 Å². The van der Waals surface area contributed by atoms with Gasteiger partial charge < -0.3 is 13.9 Å². The van der Waals surface area contributed by atoms with Gasteiger partial charge in [0.1, 0.15) is 24.4 Å². The van der Waals surface area contributed by atoms with Gasteiger partial charge in [0.15, 0.2) is 11.5 Å². The normalized spacial score (nSPS) is 13.5. The van der Waals surface area contributed by atoms with E-state index in [1.165, 1.54) is 30.3 Å².